The zero-order valence-corrected chi connectivity index (χ0v) is 16.6. The van der Waals surface area contributed by atoms with Crippen molar-refractivity contribution in [1.29, 1.82) is 0 Å². The Morgan fingerprint density at radius 2 is 2.03 bits per heavy atom. The Hall–Kier alpha value is -3.44. The van der Waals surface area contributed by atoms with E-state index in [0.29, 0.717) is 15.4 Å². The van der Waals surface area contributed by atoms with Crippen molar-refractivity contribution in [3.63, 3.8) is 0 Å². The van der Waals surface area contributed by atoms with Crippen LogP contribution < -0.4 is 4.90 Å². The molecule has 1 saturated heterocycles. The number of fused-ring (bicyclic) bond motifs is 2. The molecule has 16 heteroatoms. The molecule has 1 aliphatic rings. The molecule has 0 spiro atoms. The smallest absolute Gasteiger partial charge is 0.324 e. The number of ether oxygens (including phenoxy) is 1. The van der Waals surface area contributed by atoms with Crippen LogP contribution in [0, 0.1) is 15.3 Å². The van der Waals surface area contributed by atoms with Gasteiger partial charge < -0.3 is 25.3 Å². The zero-order valence-electron chi connectivity index (χ0n) is 15.7. The van der Waals surface area contributed by atoms with Crippen LogP contribution in [0.5, 0.6) is 0 Å². The second kappa shape index (κ2) is 7.61. The van der Waals surface area contributed by atoms with Gasteiger partial charge in [-0.3, -0.25) is 19.3 Å². The van der Waals surface area contributed by atoms with Gasteiger partial charge >= 0.3 is 11.2 Å². The zero-order chi connectivity index (χ0) is 22.6. The molecule has 166 valence electrons. The Morgan fingerprint density at radius 1 is 1.22 bits per heavy atom. The van der Waals surface area contributed by atoms with E-state index in [0.717, 1.165) is 17.8 Å². The standard InChI is InChI=1S/C16H13N7O8S/c24-3-7-12(25)13(26)16(30-7)21-5-19-10-14(21)17-4-18-15(10)32-8-2-1-6(22(27)28)11-9(8)20-31-23(11)29/h1-2,4-5,7,12-13,16,24-26H,3H2/t7-,12-,13-,16-/m1/s1. The maximum Gasteiger partial charge on any atom is 0.324 e. The van der Waals surface area contributed by atoms with E-state index in [1.54, 1.807) is 0 Å². The summed E-state index contributed by atoms with van der Waals surface area (Å²) < 4.78 is 11.5. The van der Waals surface area contributed by atoms with Gasteiger partial charge in [0.25, 0.3) is 5.52 Å². The molecule has 15 nitrogen and oxygen atoms in total. The number of aliphatic hydroxyl groups excluding tert-OH is 3. The first-order chi connectivity index (χ1) is 15.4. The van der Waals surface area contributed by atoms with Gasteiger partial charge in [0.2, 0.25) is 0 Å². The summed E-state index contributed by atoms with van der Waals surface area (Å²) in [5, 5.41) is 56.6. The van der Waals surface area contributed by atoms with Crippen LogP contribution in [0.15, 0.2) is 39.3 Å². The number of nitro groups is 1. The summed E-state index contributed by atoms with van der Waals surface area (Å²) in [5.41, 5.74) is -0.229. The minimum atomic E-state index is -1.33. The van der Waals surface area contributed by atoms with Crippen molar-refractivity contribution in [3.8, 4) is 0 Å². The third-order valence-electron chi connectivity index (χ3n) is 5.00. The lowest BCUT2D eigenvalue weighted by Gasteiger charge is -2.16. The summed E-state index contributed by atoms with van der Waals surface area (Å²) in [4.78, 5) is 23.4. The minimum Gasteiger partial charge on any atom is -0.394 e. The minimum absolute atomic E-state index is 0.0196. The molecule has 0 amide bonds. The van der Waals surface area contributed by atoms with Crippen LogP contribution in [-0.2, 0) is 4.74 Å². The number of aliphatic hydroxyl groups is 3. The number of aromatic nitrogens is 6. The van der Waals surface area contributed by atoms with Crippen molar-refractivity contribution >= 4 is 39.6 Å². The van der Waals surface area contributed by atoms with Gasteiger partial charge in [0.1, 0.15) is 35.2 Å². The van der Waals surface area contributed by atoms with Gasteiger partial charge in [-0.25, -0.2) is 15.0 Å². The molecule has 4 heterocycles. The summed E-state index contributed by atoms with van der Waals surface area (Å²) in [6, 6.07) is 2.57. The van der Waals surface area contributed by atoms with E-state index in [2.05, 4.69) is 24.7 Å². The molecule has 32 heavy (non-hydrogen) atoms. The van der Waals surface area contributed by atoms with Crippen molar-refractivity contribution in [3.05, 3.63) is 40.1 Å². The van der Waals surface area contributed by atoms with Gasteiger partial charge in [-0.1, -0.05) is 11.8 Å². The molecule has 4 aromatic rings. The molecule has 5 rings (SSSR count). The molecular formula is C16H13N7O8S. The number of rotatable bonds is 5. The Labute approximate surface area is 180 Å². The Morgan fingerprint density at radius 3 is 2.75 bits per heavy atom. The van der Waals surface area contributed by atoms with Crippen LogP contribution in [0.2, 0.25) is 0 Å². The second-order valence-corrected chi connectivity index (χ2v) is 7.83. The maximum absolute atomic E-state index is 11.8. The number of nitrogens with zero attached hydrogens (tertiary/aromatic N) is 7. The maximum atomic E-state index is 11.8. The van der Waals surface area contributed by atoms with E-state index >= 15 is 0 Å². The number of non-ortho nitro benzene ring substituents is 1. The molecule has 0 saturated carbocycles. The van der Waals surface area contributed by atoms with E-state index in [1.165, 1.54) is 23.3 Å². The van der Waals surface area contributed by atoms with Crippen molar-refractivity contribution < 1.29 is 34.5 Å². The van der Waals surface area contributed by atoms with Crippen LogP contribution in [0.25, 0.3) is 22.2 Å². The first kappa shape index (κ1) is 20.5. The van der Waals surface area contributed by atoms with Gasteiger partial charge in [-0.15, -0.1) is 0 Å². The van der Waals surface area contributed by atoms with Crippen molar-refractivity contribution in [2.45, 2.75) is 34.5 Å². The highest BCUT2D eigenvalue weighted by Crippen LogP contribution is 2.38. The van der Waals surface area contributed by atoms with E-state index in [9.17, 15) is 30.6 Å². The summed E-state index contributed by atoms with van der Waals surface area (Å²) in [6.45, 7) is -0.481. The first-order valence-corrected chi connectivity index (χ1v) is 9.87. The summed E-state index contributed by atoms with van der Waals surface area (Å²) in [6.07, 6.45) is -2.05. The highest BCUT2D eigenvalue weighted by atomic mass is 32.2. The Bertz CT molecular complexity index is 1340. The lowest BCUT2D eigenvalue weighted by Crippen LogP contribution is -2.33. The van der Waals surface area contributed by atoms with Gasteiger partial charge in [0, 0.05) is 11.2 Å². The second-order valence-electron chi connectivity index (χ2n) is 6.80. The number of hydrogen-bond donors (Lipinski definition) is 3. The Kier molecular flexibility index (Phi) is 4.86. The van der Waals surface area contributed by atoms with E-state index in [4.69, 9.17) is 4.74 Å². The molecule has 0 bridgehead atoms. The molecule has 3 aromatic heterocycles. The molecule has 1 fully saturated rings. The van der Waals surface area contributed by atoms with Crippen LogP contribution in [0.3, 0.4) is 0 Å². The number of imidazole rings is 1. The van der Waals surface area contributed by atoms with Gasteiger partial charge in [-0.2, -0.15) is 0 Å². The predicted molar refractivity (Wildman–Crippen MR) is 102 cm³/mol. The monoisotopic (exact) mass is 463 g/mol. The molecule has 0 aliphatic carbocycles. The van der Waals surface area contributed by atoms with E-state index in [-0.39, 0.29) is 21.6 Å². The fraction of sp³-hybridized carbons (Fsp3) is 0.312. The molecule has 0 radical (unpaired) electrons. The summed E-state index contributed by atoms with van der Waals surface area (Å²) in [7, 11) is 0. The highest BCUT2D eigenvalue weighted by molar-refractivity contribution is 7.99. The lowest BCUT2D eigenvalue weighted by atomic mass is 10.1. The summed E-state index contributed by atoms with van der Waals surface area (Å²) in [5.74, 6) is 0. The van der Waals surface area contributed by atoms with Crippen molar-refractivity contribution in [2.75, 3.05) is 6.61 Å². The largest absolute Gasteiger partial charge is 0.394 e. The SMILES string of the molecule is O=[N+]([O-])c1ccc(Sc2ncnc3c2ncn3[C@@H]2O[C@H](CO)[C@@H](O)[C@H]2O)c2no[n+]([O-])c12. The first-order valence-electron chi connectivity index (χ1n) is 9.05. The quantitative estimate of drug-likeness (QED) is 0.144. The highest BCUT2D eigenvalue weighted by Gasteiger charge is 2.44. The lowest BCUT2D eigenvalue weighted by molar-refractivity contribution is -0.783. The van der Waals surface area contributed by atoms with Crippen LogP contribution in [-0.4, -0.2) is 69.8 Å². The molecular weight excluding hydrogens is 450 g/mol. The van der Waals surface area contributed by atoms with Crippen LogP contribution in [0.4, 0.5) is 5.69 Å². The third kappa shape index (κ3) is 3.04. The van der Waals surface area contributed by atoms with Crippen molar-refractivity contribution in [2.24, 2.45) is 0 Å². The topological polar surface area (TPSA) is 210 Å². The number of hydrogen-bond acceptors (Lipinski definition) is 13. The molecule has 1 aliphatic heterocycles. The van der Waals surface area contributed by atoms with E-state index < -0.39 is 41.8 Å². The van der Waals surface area contributed by atoms with Crippen LogP contribution >= 0.6 is 11.8 Å². The predicted octanol–water partition coefficient (Wildman–Crippen LogP) is -0.728. The van der Waals surface area contributed by atoms with Crippen LogP contribution in [0.1, 0.15) is 6.23 Å². The van der Waals surface area contributed by atoms with Gasteiger partial charge in [-0.05, 0) is 11.0 Å². The molecule has 3 N–H and O–H groups in total. The molecule has 4 atom stereocenters. The Balaban J connectivity index is 1.55. The number of nitro benzene ring substituents is 1. The molecule has 1 aromatic carbocycles. The third-order valence-corrected chi connectivity index (χ3v) is 6.04. The van der Waals surface area contributed by atoms with E-state index in [1.807, 2.05) is 0 Å². The average Bonchev–Trinajstić information content (AvgIpc) is 3.46. The van der Waals surface area contributed by atoms with Gasteiger partial charge in [0.15, 0.2) is 11.9 Å². The molecule has 0 unspecified atom stereocenters. The number of benzene rings is 1. The normalized spacial score (nSPS) is 23.3. The van der Waals surface area contributed by atoms with Crippen molar-refractivity contribution in [1.82, 2.24) is 24.7 Å². The fourth-order valence-electron chi connectivity index (χ4n) is 3.47. The average molecular weight is 463 g/mol. The summed E-state index contributed by atoms with van der Waals surface area (Å²) >= 11 is 1.03. The fourth-order valence-corrected chi connectivity index (χ4v) is 4.39. The van der Waals surface area contributed by atoms with Gasteiger partial charge in [0.05, 0.1) is 22.8 Å².